The predicted octanol–water partition coefficient (Wildman–Crippen LogP) is 6.83. The highest BCUT2D eigenvalue weighted by molar-refractivity contribution is 5.80. The first-order chi connectivity index (χ1) is 16.2. The van der Waals surface area contributed by atoms with Crippen LogP contribution in [0.25, 0.3) is 22.5 Å². The topological polar surface area (TPSA) is 51.1 Å². The lowest BCUT2D eigenvalue weighted by molar-refractivity contribution is 0.377. The van der Waals surface area contributed by atoms with Crippen LogP contribution in [0.1, 0.15) is 33.6 Å². The van der Waals surface area contributed by atoms with Crippen molar-refractivity contribution in [1.29, 1.82) is 0 Å². The van der Waals surface area contributed by atoms with Crippen molar-refractivity contribution in [1.82, 2.24) is 15.0 Å². The average Bonchev–Trinajstić information content (AvgIpc) is 2.77. The second kappa shape index (κ2) is 9.26. The molecule has 0 saturated carbocycles. The van der Waals surface area contributed by atoms with Crippen molar-refractivity contribution < 1.29 is 4.74 Å². The zero-order chi connectivity index (χ0) is 24.6. The Kier molecular flexibility index (Phi) is 6.38. The second-order valence-electron chi connectivity index (χ2n) is 9.03. The predicted molar refractivity (Wildman–Crippen MR) is 140 cm³/mol. The number of hydrogen-bond acceptors (Lipinski definition) is 5. The molecule has 0 saturated heterocycles. The zero-order valence-corrected chi connectivity index (χ0v) is 21.3. The highest BCUT2D eigenvalue weighted by atomic mass is 16.5. The monoisotopic (exact) mass is 452 g/mol. The van der Waals surface area contributed by atoms with Gasteiger partial charge in [0.25, 0.3) is 0 Å². The summed E-state index contributed by atoms with van der Waals surface area (Å²) in [5, 5.41) is 0. The second-order valence-corrected chi connectivity index (χ2v) is 9.03. The molecule has 0 N–H and O–H groups in total. The Hall–Kier alpha value is -3.73. The molecule has 0 aliphatic rings. The molecule has 0 aliphatic heterocycles. The Morgan fingerprint density at radius 2 is 1.35 bits per heavy atom. The van der Waals surface area contributed by atoms with E-state index in [0.29, 0.717) is 17.7 Å². The molecule has 5 nitrogen and oxygen atoms in total. The number of anilines is 2. The number of ether oxygens (including phenoxy) is 1. The van der Waals surface area contributed by atoms with Gasteiger partial charge in [0, 0.05) is 24.0 Å². The molecule has 4 rings (SSSR count). The first-order valence-corrected chi connectivity index (χ1v) is 11.5. The van der Waals surface area contributed by atoms with E-state index in [1.807, 2.05) is 6.92 Å². The lowest BCUT2D eigenvalue weighted by atomic mass is 9.95. The van der Waals surface area contributed by atoms with Crippen molar-refractivity contribution in [2.75, 3.05) is 19.1 Å². The van der Waals surface area contributed by atoms with Gasteiger partial charge in [-0.05, 0) is 81.5 Å². The SMILES string of the molecule is COc1nc(C)nc(-c2c(C)cc(C)c(N(C)c3ccc(-c4cc(C)cc(C)c4)cc3)c2C)n1. The average molecular weight is 453 g/mol. The molecule has 0 aliphatic carbocycles. The van der Waals surface area contributed by atoms with Crippen LogP contribution in [-0.4, -0.2) is 29.1 Å². The standard InChI is InChI=1S/C29H32N4O/c1-17-13-18(2)15-24(14-17)23-9-11-25(12-10-23)33(7)27-20(4)16-19(3)26(21(27)5)28-30-22(6)31-29(32-28)34-8/h9-16H,1-8H3. The Balaban J connectivity index is 1.76. The van der Waals surface area contributed by atoms with Crippen molar-refractivity contribution in [3.05, 3.63) is 82.2 Å². The molecule has 0 atom stereocenters. The molecular weight excluding hydrogens is 420 g/mol. The molecule has 0 radical (unpaired) electrons. The van der Waals surface area contributed by atoms with Crippen molar-refractivity contribution >= 4 is 11.4 Å². The summed E-state index contributed by atoms with van der Waals surface area (Å²) >= 11 is 0. The summed E-state index contributed by atoms with van der Waals surface area (Å²) in [6, 6.07) is 18.0. The Morgan fingerprint density at radius 3 is 1.97 bits per heavy atom. The van der Waals surface area contributed by atoms with E-state index < -0.39 is 0 Å². The normalized spacial score (nSPS) is 10.9. The molecule has 4 aromatic rings. The molecule has 1 aromatic heterocycles. The number of hydrogen-bond donors (Lipinski definition) is 0. The van der Waals surface area contributed by atoms with Gasteiger partial charge < -0.3 is 9.64 Å². The zero-order valence-electron chi connectivity index (χ0n) is 21.3. The van der Waals surface area contributed by atoms with Crippen LogP contribution in [0.5, 0.6) is 6.01 Å². The lowest BCUT2D eigenvalue weighted by Gasteiger charge is -2.26. The van der Waals surface area contributed by atoms with E-state index >= 15 is 0 Å². The summed E-state index contributed by atoms with van der Waals surface area (Å²) in [5.41, 5.74) is 11.8. The maximum Gasteiger partial charge on any atom is 0.319 e. The number of aryl methyl sites for hydroxylation is 5. The minimum Gasteiger partial charge on any atom is -0.467 e. The minimum atomic E-state index is 0.332. The summed E-state index contributed by atoms with van der Waals surface area (Å²) in [7, 11) is 3.69. The quantitative estimate of drug-likeness (QED) is 0.332. The van der Waals surface area contributed by atoms with Crippen molar-refractivity contribution in [2.24, 2.45) is 0 Å². The van der Waals surface area contributed by atoms with Gasteiger partial charge in [-0.3, -0.25) is 0 Å². The third-order valence-corrected chi connectivity index (χ3v) is 6.21. The fourth-order valence-corrected chi connectivity index (χ4v) is 4.84. The van der Waals surface area contributed by atoms with Crippen LogP contribution in [0, 0.1) is 41.5 Å². The van der Waals surface area contributed by atoms with E-state index in [2.05, 4.69) is 110 Å². The molecule has 0 bridgehead atoms. The van der Waals surface area contributed by atoms with Crippen molar-refractivity contribution in [2.45, 2.75) is 41.5 Å². The Morgan fingerprint density at radius 1 is 0.706 bits per heavy atom. The van der Waals surface area contributed by atoms with Crippen LogP contribution in [0.15, 0.2) is 48.5 Å². The van der Waals surface area contributed by atoms with Gasteiger partial charge in [-0.15, -0.1) is 0 Å². The molecule has 0 spiro atoms. The summed E-state index contributed by atoms with van der Waals surface area (Å²) in [6.07, 6.45) is 0. The number of nitrogens with zero attached hydrogens (tertiary/aromatic N) is 4. The third-order valence-electron chi connectivity index (χ3n) is 6.21. The van der Waals surface area contributed by atoms with E-state index in [4.69, 9.17) is 4.74 Å². The molecule has 5 heteroatoms. The highest BCUT2D eigenvalue weighted by Gasteiger charge is 2.19. The van der Waals surface area contributed by atoms with Crippen LogP contribution in [0.2, 0.25) is 0 Å². The van der Waals surface area contributed by atoms with Gasteiger partial charge in [-0.1, -0.05) is 47.5 Å². The summed E-state index contributed by atoms with van der Waals surface area (Å²) in [5.74, 6) is 1.28. The third kappa shape index (κ3) is 4.51. The summed E-state index contributed by atoms with van der Waals surface area (Å²) < 4.78 is 5.30. The van der Waals surface area contributed by atoms with Crippen molar-refractivity contribution in [3.63, 3.8) is 0 Å². The summed E-state index contributed by atoms with van der Waals surface area (Å²) in [6.45, 7) is 12.5. The highest BCUT2D eigenvalue weighted by Crippen LogP contribution is 2.38. The molecule has 0 amide bonds. The molecule has 0 fully saturated rings. The molecule has 1 heterocycles. The molecule has 34 heavy (non-hydrogen) atoms. The van der Waals surface area contributed by atoms with Crippen molar-refractivity contribution in [3.8, 4) is 28.5 Å². The lowest BCUT2D eigenvalue weighted by Crippen LogP contribution is -2.14. The van der Waals surface area contributed by atoms with E-state index in [1.54, 1.807) is 7.11 Å². The molecule has 3 aromatic carbocycles. The summed E-state index contributed by atoms with van der Waals surface area (Å²) in [4.78, 5) is 15.6. The van der Waals surface area contributed by atoms with Crippen LogP contribution < -0.4 is 9.64 Å². The Bertz CT molecular complexity index is 1340. The maximum absolute atomic E-state index is 5.30. The van der Waals surface area contributed by atoms with E-state index in [1.165, 1.54) is 27.8 Å². The van der Waals surface area contributed by atoms with Gasteiger partial charge in [0.1, 0.15) is 5.82 Å². The first-order valence-electron chi connectivity index (χ1n) is 11.5. The van der Waals surface area contributed by atoms with Gasteiger partial charge in [0.05, 0.1) is 7.11 Å². The first kappa shape index (κ1) is 23.4. The maximum atomic E-state index is 5.30. The van der Waals surface area contributed by atoms with Gasteiger partial charge >= 0.3 is 6.01 Å². The van der Waals surface area contributed by atoms with Gasteiger partial charge in [0.15, 0.2) is 5.82 Å². The molecular formula is C29H32N4O. The number of rotatable bonds is 5. The fourth-order valence-electron chi connectivity index (χ4n) is 4.84. The van der Waals surface area contributed by atoms with Crippen LogP contribution >= 0.6 is 0 Å². The number of aromatic nitrogens is 3. The largest absolute Gasteiger partial charge is 0.467 e. The van der Waals surface area contributed by atoms with E-state index in [0.717, 1.165) is 28.1 Å². The van der Waals surface area contributed by atoms with Gasteiger partial charge in [0.2, 0.25) is 0 Å². The Labute approximate surface area is 202 Å². The smallest absolute Gasteiger partial charge is 0.319 e. The van der Waals surface area contributed by atoms with Crippen LogP contribution in [-0.2, 0) is 0 Å². The number of benzene rings is 3. The van der Waals surface area contributed by atoms with Crippen LogP contribution in [0.3, 0.4) is 0 Å². The van der Waals surface area contributed by atoms with Crippen LogP contribution in [0.4, 0.5) is 11.4 Å². The van der Waals surface area contributed by atoms with E-state index in [-0.39, 0.29) is 0 Å². The van der Waals surface area contributed by atoms with E-state index in [9.17, 15) is 0 Å². The van der Waals surface area contributed by atoms with Gasteiger partial charge in [-0.25, -0.2) is 4.98 Å². The molecule has 174 valence electrons. The minimum absolute atomic E-state index is 0.332. The van der Waals surface area contributed by atoms with Gasteiger partial charge in [-0.2, -0.15) is 9.97 Å². The fraction of sp³-hybridized carbons (Fsp3) is 0.276. The molecule has 0 unspecified atom stereocenters. The number of methoxy groups -OCH3 is 1.